The first-order valence-corrected chi connectivity index (χ1v) is 10.9. The van der Waals surface area contributed by atoms with Crippen LogP contribution in [0.15, 0.2) is 25.8 Å². The van der Waals surface area contributed by atoms with E-state index >= 15 is 0 Å². The van der Waals surface area contributed by atoms with Crippen LogP contribution in [0.1, 0.15) is 22.5 Å². The van der Waals surface area contributed by atoms with E-state index in [1.807, 2.05) is 26.8 Å². The van der Waals surface area contributed by atoms with Crippen molar-refractivity contribution in [1.82, 2.24) is 0 Å². The number of fused-ring (bicyclic) bond motifs is 2. The SMILES string of the molecule is Cc1oc2c(C)c3oc(=O)cc(C)c3cc2c1COCCOCCOS(C)(=O)=O. The van der Waals surface area contributed by atoms with Crippen molar-refractivity contribution in [3.05, 3.63) is 45.0 Å². The summed E-state index contributed by atoms with van der Waals surface area (Å²) in [7, 11) is -3.45. The third kappa shape index (κ3) is 5.05. The topological polar surface area (TPSA) is 105 Å². The Hall–Kier alpha value is -2.20. The molecule has 0 spiro atoms. The fourth-order valence-corrected chi connectivity index (χ4v) is 3.54. The van der Waals surface area contributed by atoms with Gasteiger partial charge in [0.05, 0.1) is 39.3 Å². The van der Waals surface area contributed by atoms with E-state index < -0.39 is 10.1 Å². The number of hydrogen-bond acceptors (Lipinski definition) is 8. The fraction of sp³-hybridized carbons (Fsp3) is 0.450. The molecule has 0 aliphatic carbocycles. The van der Waals surface area contributed by atoms with Crippen molar-refractivity contribution in [1.29, 1.82) is 0 Å². The lowest BCUT2D eigenvalue weighted by Crippen LogP contribution is -2.12. The first-order valence-electron chi connectivity index (χ1n) is 9.13. The van der Waals surface area contributed by atoms with Gasteiger partial charge in [-0.1, -0.05) is 0 Å². The molecule has 0 radical (unpaired) electrons. The molecule has 0 saturated carbocycles. The Morgan fingerprint density at radius 3 is 2.28 bits per heavy atom. The van der Waals surface area contributed by atoms with Crippen LogP contribution in [0.5, 0.6) is 0 Å². The lowest BCUT2D eigenvalue weighted by atomic mass is 10.0. The molecule has 0 fully saturated rings. The highest BCUT2D eigenvalue weighted by Gasteiger charge is 2.17. The van der Waals surface area contributed by atoms with Crippen LogP contribution in [0.4, 0.5) is 0 Å². The third-order valence-corrected chi connectivity index (χ3v) is 5.16. The summed E-state index contributed by atoms with van der Waals surface area (Å²) in [6, 6.07) is 3.44. The molecule has 2 aromatic heterocycles. The van der Waals surface area contributed by atoms with E-state index in [1.165, 1.54) is 6.07 Å². The van der Waals surface area contributed by atoms with E-state index in [0.29, 0.717) is 31.0 Å². The Bertz CT molecular complexity index is 1190. The third-order valence-electron chi connectivity index (χ3n) is 4.57. The van der Waals surface area contributed by atoms with Crippen molar-refractivity contribution in [2.45, 2.75) is 27.4 Å². The molecule has 0 N–H and O–H groups in total. The first kappa shape index (κ1) is 21.5. The van der Waals surface area contributed by atoms with E-state index in [4.69, 9.17) is 18.3 Å². The molecular weight excluding hydrogens is 400 g/mol. The van der Waals surface area contributed by atoms with Crippen molar-refractivity contribution >= 4 is 32.1 Å². The quantitative estimate of drug-likeness (QED) is 0.293. The normalized spacial score (nSPS) is 12.3. The minimum Gasteiger partial charge on any atom is -0.461 e. The number of furan rings is 1. The Labute approximate surface area is 168 Å². The number of hydrogen-bond donors (Lipinski definition) is 0. The van der Waals surface area contributed by atoms with E-state index in [9.17, 15) is 13.2 Å². The molecule has 3 aromatic rings. The fourth-order valence-electron chi connectivity index (χ4n) is 3.17. The highest BCUT2D eigenvalue weighted by atomic mass is 32.2. The first-order chi connectivity index (χ1) is 13.7. The minimum atomic E-state index is -3.45. The van der Waals surface area contributed by atoms with Crippen LogP contribution in [0, 0.1) is 20.8 Å². The summed E-state index contributed by atoms with van der Waals surface area (Å²) < 4.78 is 48.6. The summed E-state index contributed by atoms with van der Waals surface area (Å²) in [5.41, 5.74) is 3.38. The molecule has 3 rings (SSSR count). The molecule has 0 aliphatic rings. The summed E-state index contributed by atoms with van der Waals surface area (Å²) in [4.78, 5) is 11.7. The maximum atomic E-state index is 11.7. The largest absolute Gasteiger partial charge is 0.461 e. The second kappa shape index (κ2) is 8.66. The van der Waals surface area contributed by atoms with Gasteiger partial charge in [-0.3, -0.25) is 4.18 Å². The Morgan fingerprint density at radius 2 is 1.55 bits per heavy atom. The van der Waals surface area contributed by atoms with Crippen LogP contribution < -0.4 is 5.63 Å². The van der Waals surface area contributed by atoms with Gasteiger partial charge in [0.1, 0.15) is 16.9 Å². The summed E-state index contributed by atoms with van der Waals surface area (Å²) in [5.74, 6) is 0.737. The molecule has 0 saturated heterocycles. The van der Waals surface area contributed by atoms with Crippen LogP contribution in [-0.4, -0.2) is 41.1 Å². The molecule has 8 nitrogen and oxygen atoms in total. The highest BCUT2D eigenvalue weighted by Crippen LogP contribution is 2.34. The number of aryl methyl sites for hydroxylation is 3. The maximum absolute atomic E-state index is 11.7. The molecule has 1 aromatic carbocycles. The lowest BCUT2D eigenvalue weighted by molar-refractivity contribution is 0.0311. The van der Waals surface area contributed by atoms with Gasteiger partial charge in [-0.15, -0.1) is 0 Å². The Balaban J connectivity index is 1.67. The highest BCUT2D eigenvalue weighted by molar-refractivity contribution is 7.85. The van der Waals surface area contributed by atoms with Crippen LogP contribution >= 0.6 is 0 Å². The summed E-state index contributed by atoms with van der Waals surface area (Å²) in [6.45, 7) is 6.74. The molecule has 9 heteroatoms. The zero-order chi connectivity index (χ0) is 21.2. The second-order valence-electron chi connectivity index (χ2n) is 6.83. The van der Waals surface area contributed by atoms with Crippen molar-refractivity contribution in [2.24, 2.45) is 0 Å². The summed E-state index contributed by atoms with van der Waals surface area (Å²) in [6.07, 6.45) is 0.994. The van der Waals surface area contributed by atoms with E-state index in [2.05, 4.69) is 4.18 Å². The van der Waals surface area contributed by atoms with Crippen molar-refractivity contribution in [3.8, 4) is 0 Å². The summed E-state index contributed by atoms with van der Waals surface area (Å²) in [5, 5.41) is 1.79. The van der Waals surface area contributed by atoms with Crippen LogP contribution in [-0.2, 0) is 30.4 Å². The molecule has 0 atom stereocenters. The number of benzene rings is 1. The number of ether oxygens (including phenoxy) is 2. The zero-order valence-electron chi connectivity index (χ0n) is 16.9. The number of rotatable bonds is 9. The van der Waals surface area contributed by atoms with Gasteiger partial charge in [0, 0.05) is 28.0 Å². The molecule has 0 aliphatic heterocycles. The Morgan fingerprint density at radius 1 is 0.897 bits per heavy atom. The standard InChI is InChI=1S/C20H24O8S/c1-12-9-18(21)28-19-13(2)20-16(10-15(12)19)17(14(3)27-20)11-25-6-5-24-7-8-26-29(4,22)23/h9-10H,5-8,11H2,1-4H3. The molecule has 29 heavy (non-hydrogen) atoms. The summed E-state index contributed by atoms with van der Waals surface area (Å²) >= 11 is 0. The monoisotopic (exact) mass is 424 g/mol. The molecule has 0 bridgehead atoms. The van der Waals surface area contributed by atoms with Gasteiger partial charge in [-0.2, -0.15) is 8.42 Å². The second-order valence-corrected chi connectivity index (χ2v) is 8.48. The van der Waals surface area contributed by atoms with E-state index in [1.54, 1.807) is 0 Å². The van der Waals surface area contributed by atoms with Gasteiger partial charge >= 0.3 is 5.63 Å². The zero-order valence-corrected chi connectivity index (χ0v) is 17.7. The maximum Gasteiger partial charge on any atom is 0.336 e. The molecule has 158 valence electrons. The average molecular weight is 424 g/mol. The van der Waals surface area contributed by atoms with Crippen molar-refractivity contribution < 1.29 is 30.9 Å². The van der Waals surface area contributed by atoms with E-state index in [-0.39, 0.29) is 18.8 Å². The van der Waals surface area contributed by atoms with Crippen LogP contribution in [0.2, 0.25) is 0 Å². The molecule has 0 amide bonds. The minimum absolute atomic E-state index is 0.0217. The smallest absolute Gasteiger partial charge is 0.336 e. The van der Waals surface area contributed by atoms with Crippen LogP contribution in [0.25, 0.3) is 21.9 Å². The van der Waals surface area contributed by atoms with Gasteiger partial charge < -0.3 is 18.3 Å². The average Bonchev–Trinajstić information content (AvgIpc) is 2.94. The van der Waals surface area contributed by atoms with Gasteiger partial charge in [0.25, 0.3) is 10.1 Å². The van der Waals surface area contributed by atoms with Gasteiger partial charge in [0.2, 0.25) is 0 Å². The van der Waals surface area contributed by atoms with E-state index in [0.717, 1.165) is 39.5 Å². The van der Waals surface area contributed by atoms with Crippen molar-refractivity contribution in [3.63, 3.8) is 0 Å². The lowest BCUT2D eigenvalue weighted by Gasteiger charge is -2.07. The van der Waals surface area contributed by atoms with Gasteiger partial charge in [-0.05, 0) is 32.4 Å². The van der Waals surface area contributed by atoms with Crippen LogP contribution in [0.3, 0.4) is 0 Å². The van der Waals surface area contributed by atoms with Gasteiger partial charge in [0.15, 0.2) is 0 Å². The predicted octanol–water partition coefficient (Wildman–Crippen LogP) is 2.97. The Kier molecular flexibility index (Phi) is 6.42. The van der Waals surface area contributed by atoms with Gasteiger partial charge in [-0.25, -0.2) is 4.79 Å². The predicted molar refractivity (Wildman–Crippen MR) is 108 cm³/mol. The van der Waals surface area contributed by atoms with Crippen molar-refractivity contribution in [2.75, 3.05) is 32.7 Å². The molecular formula is C20H24O8S. The molecule has 0 unspecified atom stereocenters. The molecule has 2 heterocycles.